The SMILES string of the molecule is Cc1cc(Br)cc2c1c(CNC1CC1)c(C#N)n2C. The van der Waals surface area contributed by atoms with Gasteiger partial charge in [-0.1, -0.05) is 15.9 Å². The summed E-state index contributed by atoms with van der Waals surface area (Å²) in [7, 11) is 1.97. The molecule has 0 bridgehead atoms. The van der Waals surface area contributed by atoms with Gasteiger partial charge in [-0.3, -0.25) is 0 Å². The Morgan fingerprint density at radius 2 is 2.21 bits per heavy atom. The Morgan fingerprint density at radius 1 is 1.47 bits per heavy atom. The number of hydrogen-bond acceptors (Lipinski definition) is 2. The lowest BCUT2D eigenvalue weighted by Crippen LogP contribution is -2.16. The Morgan fingerprint density at radius 3 is 2.84 bits per heavy atom. The average Bonchev–Trinajstić information content (AvgIpc) is 3.14. The molecule has 1 aliphatic carbocycles. The molecule has 2 aromatic rings. The number of nitriles is 1. The van der Waals surface area contributed by atoms with Gasteiger partial charge in [-0.15, -0.1) is 0 Å². The molecular formula is C15H16BrN3. The summed E-state index contributed by atoms with van der Waals surface area (Å²) in [5.74, 6) is 0. The summed E-state index contributed by atoms with van der Waals surface area (Å²) in [5, 5.41) is 14.2. The first-order valence-corrected chi connectivity index (χ1v) is 7.32. The molecule has 1 N–H and O–H groups in total. The highest BCUT2D eigenvalue weighted by molar-refractivity contribution is 9.10. The number of nitrogens with one attached hydrogen (secondary N) is 1. The summed E-state index contributed by atoms with van der Waals surface area (Å²) in [6.45, 7) is 2.89. The summed E-state index contributed by atoms with van der Waals surface area (Å²) in [4.78, 5) is 0. The molecule has 1 aromatic heterocycles. The maximum atomic E-state index is 9.43. The molecule has 0 radical (unpaired) electrons. The number of benzene rings is 1. The highest BCUT2D eigenvalue weighted by atomic mass is 79.9. The fourth-order valence-electron chi connectivity index (χ4n) is 2.67. The van der Waals surface area contributed by atoms with Crippen molar-refractivity contribution in [1.29, 1.82) is 5.26 Å². The second kappa shape index (κ2) is 4.66. The fraction of sp³-hybridized carbons (Fsp3) is 0.400. The van der Waals surface area contributed by atoms with E-state index in [1.54, 1.807) is 0 Å². The van der Waals surface area contributed by atoms with Gasteiger partial charge >= 0.3 is 0 Å². The minimum Gasteiger partial charge on any atom is -0.335 e. The molecule has 0 amide bonds. The highest BCUT2D eigenvalue weighted by Gasteiger charge is 2.23. The first-order valence-electron chi connectivity index (χ1n) is 6.52. The first kappa shape index (κ1) is 12.7. The topological polar surface area (TPSA) is 40.8 Å². The summed E-state index contributed by atoms with van der Waals surface area (Å²) in [6.07, 6.45) is 2.52. The van der Waals surface area contributed by atoms with Gasteiger partial charge in [0.15, 0.2) is 0 Å². The predicted octanol–water partition coefficient (Wildman–Crippen LogP) is 3.37. The molecule has 1 fully saturated rings. The van der Waals surface area contributed by atoms with E-state index >= 15 is 0 Å². The number of nitrogens with zero attached hydrogens (tertiary/aromatic N) is 2. The van der Waals surface area contributed by atoms with Crippen molar-refractivity contribution in [1.82, 2.24) is 9.88 Å². The molecule has 98 valence electrons. The quantitative estimate of drug-likeness (QED) is 0.942. The first-order chi connectivity index (χ1) is 9.11. The number of fused-ring (bicyclic) bond motifs is 1. The maximum Gasteiger partial charge on any atom is 0.125 e. The van der Waals surface area contributed by atoms with Gasteiger partial charge < -0.3 is 9.88 Å². The van der Waals surface area contributed by atoms with E-state index in [9.17, 15) is 5.26 Å². The molecule has 1 saturated carbocycles. The lowest BCUT2D eigenvalue weighted by molar-refractivity contribution is 0.687. The van der Waals surface area contributed by atoms with E-state index in [-0.39, 0.29) is 0 Å². The largest absolute Gasteiger partial charge is 0.335 e. The lowest BCUT2D eigenvalue weighted by Gasteiger charge is -2.04. The molecular weight excluding hydrogens is 302 g/mol. The number of rotatable bonds is 3. The van der Waals surface area contributed by atoms with Crippen LogP contribution in [0.2, 0.25) is 0 Å². The van der Waals surface area contributed by atoms with E-state index in [4.69, 9.17) is 0 Å². The standard InChI is InChI=1S/C15H16BrN3/c1-9-5-10(16)6-13-15(9)12(8-18-11-3-4-11)14(7-17)19(13)2/h5-6,11,18H,3-4,8H2,1-2H3. The van der Waals surface area contributed by atoms with Crippen LogP contribution >= 0.6 is 15.9 Å². The Labute approximate surface area is 121 Å². The Bertz CT molecular complexity index is 690. The van der Waals surface area contributed by atoms with Crippen molar-refractivity contribution >= 4 is 26.8 Å². The molecule has 1 aliphatic rings. The summed E-state index contributed by atoms with van der Waals surface area (Å²) in [5.41, 5.74) is 4.24. The lowest BCUT2D eigenvalue weighted by atomic mass is 10.1. The zero-order valence-electron chi connectivity index (χ0n) is 11.1. The van der Waals surface area contributed by atoms with Gasteiger partial charge in [-0.2, -0.15) is 5.26 Å². The summed E-state index contributed by atoms with van der Waals surface area (Å²) in [6, 6.07) is 7.20. The number of hydrogen-bond donors (Lipinski definition) is 1. The molecule has 0 aliphatic heterocycles. The molecule has 0 atom stereocenters. The number of aromatic nitrogens is 1. The third-order valence-corrected chi connectivity index (χ3v) is 4.27. The molecule has 1 heterocycles. The smallest absolute Gasteiger partial charge is 0.125 e. The van der Waals surface area contributed by atoms with Crippen LogP contribution in [0.15, 0.2) is 16.6 Å². The second-order valence-electron chi connectivity index (χ2n) is 5.27. The number of aryl methyl sites for hydroxylation is 2. The highest BCUT2D eigenvalue weighted by Crippen LogP contribution is 2.31. The van der Waals surface area contributed by atoms with Crippen molar-refractivity contribution in [3.05, 3.63) is 33.4 Å². The van der Waals surface area contributed by atoms with E-state index in [1.807, 2.05) is 11.6 Å². The Balaban J connectivity index is 2.19. The van der Waals surface area contributed by atoms with E-state index < -0.39 is 0 Å². The van der Waals surface area contributed by atoms with Crippen molar-refractivity contribution in [2.24, 2.45) is 7.05 Å². The van der Waals surface area contributed by atoms with Gasteiger partial charge in [0.25, 0.3) is 0 Å². The van der Waals surface area contributed by atoms with Gasteiger partial charge in [0.05, 0.1) is 5.52 Å². The van der Waals surface area contributed by atoms with Crippen molar-refractivity contribution in [3.63, 3.8) is 0 Å². The Hall–Kier alpha value is -1.31. The van der Waals surface area contributed by atoms with Crippen LogP contribution in [0, 0.1) is 18.3 Å². The van der Waals surface area contributed by atoms with Crippen molar-refractivity contribution in [2.75, 3.05) is 0 Å². The fourth-order valence-corrected chi connectivity index (χ4v) is 3.23. The van der Waals surface area contributed by atoms with Gasteiger partial charge in [0.2, 0.25) is 0 Å². The van der Waals surface area contributed by atoms with Crippen LogP contribution in [0.4, 0.5) is 0 Å². The second-order valence-corrected chi connectivity index (χ2v) is 6.19. The van der Waals surface area contributed by atoms with Crippen LogP contribution in [-0.2, 0) is 13.6 Å². The third kappa shape index (κ3) is 2.18. The van der Waals surface area contributed by atoms with E-state index in [0.29, 0.717) is 6.04 Å². The van der Waals surface area contributed by atoms with Gasteiger partial charge in [0, 0.05) is 35.1 Å². The zero-order chi connectivity index (χ0) is 13.6. The molecule has 3 nitrogen and oxygen atoms in total. The van der Waals surface area contributed by atoms with Crippen LogP contribution in [0.3, 0.4) is 0 Å². The maximum absolute atomic E-state index is 9.43. The van der Waals surface area contributed by atoms with Crippen molar-refractivity contribution in [2.45, 2.75) is 32.4 Å². The number of halogens is 1. The minimum absolute atomic E-state index is 0.651. The van der Waals surface area contributed by atoms with Crippen LogP contribution in [-0.4, -0.2) is 10.6 Å². The van der Waals surface area contributed by atoms with E-state index in [0.717, 1.165) is 27.8 Å². The molecule has 0 spiro atoms. The van der Waals surface area contributed by atoms with Crippen LogP contribution in [0.25, 0.3) is 10.9 Å². The normalized spacial score (nSPS) is 14.8. The van der Waals surface area contributed by atoms with Crippen molar-refractivity contribution < 1.29 is 0 Å². The van der Waals surface area contributed by atoms with Crippen LogP contribution in [0.5, 0.6) is 0 Å². The Kier molecular flexibility index (Phi) is 3.12. The summed E-state index contributed by atoms with van der Waals surface area (Å²) < 4.78 is 3.06. The minimum atomic E-state index is 0.651. The van der Waals surface area contributed by atoms with Gasteiger partial charge in [0.1, 0.15) is 11.8 Å². The molecule has 1 aromatic carbocycles. The predicted molar refractivity (Wildman–Crippen MR) is 79.9 cm³/mol. The molecule has 19 heavy (non-hydrogen) atoms. The van der Waals surface area contributed by atoms with Gasteiger partial charge in [-0.05, 0) is 37.5 Å². The van der Waals surface area contributed by atoms with Crippen molar-refractivity contribution in [3.8, 4) is 6.07 Å². The van der Waals surface area contributed by atoms with Gasteiger partial charge in [-0.25, -0.2) is 0 Å². The van der Waals surface area contributed by atoms with E-state index in [2.05, 4.69) is 46.4 Å². The van der Waals surface area contributed by atoms with Crippen LogP contribution < -0.4 is 5.32 Å². The zero-order valence-corrected chi connectivity index (χ0v) is 12.7. The monoisotopic (exact) mass is 317 g/mol. The average molecular weight is 318 g/mol. The third-order valence-electron chi connectivity index (χ3n) is 3.81. The van der Waals surface area contributed by atoms with E-state index in [1.165, 1.54) is 23.8 Å². The van der Waals surface area contributed by atoms with Crippen LogP contribution in [0.1, 0.15) is 29.7 Å². The molecule has 0 saturated heterocycles. The molecule has 3 rings (SSSR count). The molecule has 4 heteroatoms. The summed E-state index contributed by atoms with van der Waals surface area (Å²) >= 11 is 3.53. The molecule has 0 unspecified atom stereocenters.